The van der Waals surface area contributed by atoms with Gasteiger partial charge in [0.15, 0.2) is 0 Å². The zero-order chi connectivity index (χ0) is 16.8. The molecule has 2 rings (SSSR count). The molecular weight excluding hydrogens is 298 g/mol. The molecule has 1 aliphatic rings. The van der Waals surface area contributed by atoms with Crippen LogP contribution in [0.2, 0.25) is 0 Å². The second kappa shape index (κ2) is 7.71. The SMILES string of the molecule is C[CH]C1CCN(/C(C)=N/C(=O)OCc2ccc([N+](=O)[O-])cc2)C1. The minimum Gasteiger partial charge on any atom is -0.443 e. The molecule has 7 nitrogen and oxygen atoms in total. The summed E-state index contributed by atoms with van der Waals surface area (Å²) in [4.78, 5) is 27.9. The third-order valence-corrected chi connectivity index (χ3v) is 3.92. The van der Waals surface area contributed by atoms with E-state index >= 15 is 0 Å². The van der Waals surface area contributed by atoms with Crippen LogP contribution in [0.4, 0.5) is 10.5 Å². The van der Waals surface area contributed by atoms with Gasteiger partial charge in [0.2, 0.25) is 0 Å². The maximum absolute atomic E-state index is 11.8. The summed E-state index contributed by atoms with van der Waals surface area (Å²) in [5, 5.41) is 10.6. The molecule has 0 aliphatic carbocycles. The van der Waals surface area contributed by atoms with E-state index in [1.807, 2.05) is 6.92 Å². The normalized spacial score (nSPS) is 18.1. The number of carbonyl (C=O) groups excluding carboxylic acids is 1. The number of nitro benzene ring substituents is 1. The number of ether oxygens (including phenoxy) is 1. The van der Waals surface area contributed by atoms with Gasteiger partial charge in [0.25, 0.3) is 5.69 Å². The Morgan fingerprint density at radius 1 is 1.48 bits per heavy atom. The molecule has 1 unspecified atom stereocenters. The summed E-state index contributed by atoms with van der Waals surface area (Å²) >= 11 is 0. The van der Waals surface area contributed by atoms with Crippen LogP contribution in [-0.2, 0) is 11.3 Å². The smallest absolute Gasteiger partial charge is 0.435 e. The minimum atomic E-state index is -0.648. The van der Waals surface area contributed by atoms with E-state index in [2.05, 4.69) is 16.3 Å². The number of amides is 1. The van der Waals surface area contributed by atoms with Gasteiger partial charge < -0.3 is 9.64 Å². The van der Waals surface area contributed by atoms with E-state index in [0.717, 1.165) is 19.5 Å². The van der Waals surface area contributed by atoms with Crippen LogP contribution in [0.3, 0.4) is 0 Å². The maximum Gasteiger partial charge on any atom is 0.435 e. The number of nitrogens with zero attached hydrogens (tertiary/aromatic N) is 3. The summed E-state index contributed by atoms with van der Waals surface area (Å²) in [6.45, 7) is 5.64. The first-order chi connectivity index (χ1) is 11.0. The lowest BCUT2D eigenvalue weighted by atomic mass is 10.1. The van der Waals surface area contributed by atoms with Crippen LogP contribution in [0.5, 0.6) is 0 Å². The molecule has 0 N–H and O–H groups in total. The molecule has 1 aromatic rings. The van der Waals surface area contributed by atoms with Gasteiger partial charge in [-0.3, -0.25) is 10.1 Å². The van der Waals surface area contributed by atoms with Crippen LogP contribution in [0.1, 0.15) is 25.8 Å². The highest BCUT2D eigenvalue weighted by Gasteiger charge is 2.22. The summed E-state index contributed by atoms with van der Waals surface area (Å²) in [7, 11) is 0. The standard InChI is InChI=1S/C16H20N3O4/c1-3-13-8-9-18(10-13)12(2)17-16(20)23-11-14-4-6-15(7-5-14)19(21)22/h3-7,13H,8-11H2,1-2H3/b17-12+. The van der Waals surface area contributed by atoms with Gasteiger partial charge in [-0.1, -0.05) is 6.92 Å². The highest BCUT2D eigenvalue weighted by Crippen LogP contribution is 2.19. The van der Waals surface area contributed by atoms with Crippen molar-refractivity contribution >= 4 is 17.6 Å². The first kappa shape index (κ1) is 16.9. The molecule has 1 heterocycles. The maximum atomic E-state index is 11.8. The van der Waals surface area contributed by atoms with Crippen molar-refractivity contribution in [2.45, 2.75) is 26.9 Å². The molecule has 1 aromatic carbocycles. The molecule has 1 radical (unpaired) electrons. The average molecular weight is 318 g/mol. The predicted octanol–water partition coefficient (Wildman–Crippen LogP) is 3.20. The number of hydrogen-bond donors (Lipinski definition) is 0. The third-order valence-electron chi connectivity index (χ3n) is 3.92. The number of hydrogen-bond acceptors (Lipinski definition) is 4. The highest BCUT2D eigenvalue weighted by atomic mass is 16.6. The Bertz CT molecular complexity index is 598. The Hall–Kier alpha value is -2.44. The van der Waals surface area contributed by atoms with Crippen molar-refractivity contribution in [2.24, 2.45) is 10.9 Å². The minimum absolute atomic E-state index is 0.00487. The van der Waals surface area contributed by atoms with E-state index in [4.69, 9.17) is 4.74 Å². The average Bonchev–Trinajstić information content (AvgIpc) is 3.02. The summed E-state index contributed by atoms with van der Waals surface area (Å²) in [5.41, 5.74) is 0.684. The van der Waals surface area contributed by atoms with Gasteiger partial charge in [0.1, 0.15) is 12.4 Å². The fraction of sp³-hybridized carbons (Fsp3) is 0.438. The second-order valence-corrected chi connectivity index (χ2v) is 5.47. The number of non-ortho nitro benzene ring substituents is 1. The number of aliphatic imine (C=N–C) groups is 1. The number of nitro groups is 1. The van der Waals surface area contributed by atoms with Gasteiger partial charge in [0.05, 0.1) is 4.92 Å². The highest BCUT2D eigenvalue weighted by molar-refractivity contribution is 5.90. The summed E-state index contributed by atoms with van der Waals surface area (Å²) in [6.07, 6.45) is 2.59. The van der Waals surface area contributed by atoms with E-state index < -0.39 is 11.0 Å². The molecule has 0 bridgehead atoms. The summed E-state index contributed by atoms with van der Waals surface area (Å²) < 4.78 is 5.08. The zero-order valence-electron chi connectivity index (χ0n) is 13.3. The molecule has 1 amide bonds. The predicted molar refractivity (Wildman–Crippen MR) is 86.0 cm³/mol. The van der Waals surface area contributed by atoms with Crippen molar-refractivity contribution in [3.05, 3.63) is 46.4 Å². The number of carbonyl (C=O) groups is 1. The lowest BCUT2D eigenvalue weighted by Crippen LogP contribution is -2.27. The van der Waals surface area contributed by atoms with E-state index in [9.17, 15) is 14.9 Å². The van der Waals surface area contributed by atoms with Crippen molar-refractivity contribution < 1.29 is 14.5 Å². The first-order valence-corrected chi connectivity index (χ1v) is 7.49. The van der Waals surface area contributed by atoms with Crippen LogP contribution in [0, 0.1) is 22.5 Å². The molecule has 123 valence electrons. The fourth-order valence-corrected chi connectivity index (χ4v) is 2.45. The zero-order valence-corrected chi connectivity index (χ0v) is 13.3. The van der Waals surface area contributed by atoms with Crippen LogP contribution >= 0.6 is 0 Å². The molecule has 23 heavy (non-hydrogen) atoms. The lowest BCUT2D eigenvalue weighted by Gasteiger charge is -2.17. The molecule has 7 heteroatoms. The Balaban J connectivity index is 1.84. The largest absolute Gasteiger partial charge is 0.443 e. The van der Waals surface area contributed by atoms with E-state index in [0.29, 0.717) is 17.3 Å². The van der Waals surface area contributed by atoms with Crippen LogP contribution < -0.4 is 0 Å². The Morgan fingerprint density at radius 2 is 2.17 bits per heavy atom. The van der Waals surface area contributed by atoms with Gasteiger partial charge in [-0.25, -0.2) is 4.79 Å². The molecule has 1 fully saturated rings. The van der Waals surface area contributed by atoms with Crippen LogP contribution in [-0.4, -0.2) is 34.8 Å². The Labute approximate surface area is 135 Å². The Morgan fingerprint density at radius 3 is 2.74 bits per heavy atom. The number of likely N-dealkylation sites (tertiary alicyclic amines) is 1. The monoisotopic (exact) mass is 318 g/mol. The van der Waals surface area contributed by atoms with Gasteiger partial charge >= 0.3 is 6.09 Å². The second-order valence-electron chi connectivity index (χ2n) is 5.47. The van der Waals surface area contributed by atoms with Gasteiger partial charge in [-0.15, -0.1) is 0 Å². The molecule has 1 saturated heterocycles. The fourth-order valence-electron chi connectivity index (χ4n) is 2.45. The first-order valence-electron chi connectivity index (χ1n) is 7.49. The molecular formula is C16H20N3O4. The third kappa shape index (κ3) is 4.77. The van der Waals surface area contributed by atoms with Crippen molar-refractivity contribution in [2.75, 3.05) is 13.1 Å². The van der Waals surface area contributed by atoms with Crippen molar-refractivity contribution in [1.82, 2.24) is 4.90 Å². The quantitative estimate of drug-likeness (QED) is 0.368. The van der Waals surface area contributed by atoms with E-state index in [1.165, 1.54) is 12.1 Å². The molecule has 1 aliphatic heterocycles. The molecule has 0 saturated carbocycles. The number of amidine groups is 1. The summed E-state index contributed by atoms with van der Waals surface area (Å²) in [5.74, 6) is 1.19. The molecule has 0 spiro atoms. The van der Waals surface area contributed by atoms with Crippen molar-refractivity contribution in [3.63, 3.8) is 0 Å². The van der Waals surface area contributed by atoms with E-state index in [1.54, 1.807) is 19.1 Å². The summed E-state index contributed by atoms with van der Waals surface area (Å²) in [6, 6.07) is 5.88. The number of rotatable bonds is 4. The number of benzene rings is 1. The van der Waals surface area contributed by atoms with E-state index in [-0.39, 0.29) is 12.3 Å². The Kier molecular flexibility index (Phi) is 5.67. The van der Waals surface area contributed by atoms with Crippen LogP contribution in [0.15, 0.2) is 29.3 Å². The van der Waals surface area contributed by atoms with Crippen LogP contribution in [0.25, 0.3) is 0 Å². The lowest BCUT2D eigenvalue weighted by molar-refractivity contribution is -0.384. The molecule has 1 atom stereocenters. The molecule has 0 aromatic heterocycles. The van der Waals surface area contributed by atoms with Gasteiger partial charge in [-0.05, 0) is 43.4 Å². The van der Waals surface area contributed by atoms with Gasteiger partial charge in [-0.2, -0.15) is 4.99 Å². The van der Waals surface area contributed by atoms with Crippen molar-refractivity contribution in [3.8, 4) is 0 Å². The van der Waals surface area contributed by atoms with Crippen molar-refractivity contribution in [1.29, 1.82) is 0 Å². The topological polar surface area (TPSA) is 85.0 Å². The van der Waals surface area contributed by atoms with Gasteiger partial charge in [0, 0.05) is 25.2 Å².